The molecule has 2 heterocycles. The first-order valence-corrected chi connectivity index (χ1v) is 11.0. The van der Waals surface area contributed by atoms with Crippen molar-refractivity contribution in [3.05, 3.63) is 61.2 Å². The van der Waals surface area contributed by atoms with E-state index in [0.717, 1.165) is 37.9 Å². The molecule has 0 spiro atoms. The van der Waals surface area contributed by atoms with Crippen molar-refractivity contribution in [1.29, 1.82) is 0 Å². The second-order valence-corrected chi connectivity index (χ2v) is 8.89. The fourth-order valence-electron chi connectivity index (χ4n) is 3.29. The zero-order valence-electron chi connectivity index (χ0n) is 16.1. The van der Waals surface area contributed by atoms with Crippen molar-refractivity contribution in [2.45, 2.75) is 36.1 Å². The van der Waals surface area contributed by atoms with Gasteiger partial charge in [-0.2, -0.15) is 0 Å². The van der Waals surface area contributed by atoms with E-state index < -0.39 is 21.2 Å². The van der Waals surface area contributed by atoms with Crippen LogP contribution in [0.15, 0.2) is 60.5 Å². The molecule has 2 aromatic rings. The van der Waals surface area contributed by atoms with Crippen molar-refractivity contribution in [3.63, 3.8) is 0 Å². The average Bonchev–Trinajstić information content (AvgIpc) is 2.74. The minimum absolute atomic E-state index is 0.209. The van der Waals surface area contributed by atoms with E-state index in [1.165, 1.54) is 24.5 Å². The lowest BCUT2D eigenvalue weighted by Gasteiger charge is -2.32. The van der Waals surface area contributed by atoms with Crippen LogP contribution in [0.2, 0.25) is 0 Å². The Bertz CT molecular complexity index is 926. The molecule has 1 aromatic carbocycles. The van der Waals surface area contributed by atoms with Crippen LogP contribution in [-0.4, -0.2) is 47.8 Å². The Hall–Kier alpha value is -2.78. The normalized spacial score (nSPS) is 16.0. The van der Waals surface area contributed by atoms with Gasteiger partial charge in [0, 0.05) is 30.2 Å². The number of nitrogens with zero attached hydrogens (tertiary/aromatic N) is 3. The number of amides is 2. The first kappa shape index (κ1) is 20.9. The third-order valence-electron chi connectivity index (χ3n) is 4.78. The van der Waals surface area contributed by atoms with Crippen molar-refractivity contribution in [3.8, 4) is 0 Å². The van der Waals surface area contributed by atoms with Gasteiger partial charge in [0.1, 0.15) is 11.7 Å². The van der Waals surface area contributed by atoms with E-state index in [0.29, 0.717) is 5.69 Å². The number of benzene rings is 1. The Kier molecular flexibility index (Phi) is 6.95. The highest BCUT2D eigenvalue weighted by Crippen LogP contribution is 2.24. The summed E-state index contributed by atoms with van der Waals surface area (Å²) in [7, 11) is -3.58. The summed E-state index contributed by atoms with van der Waals surface area (Å²) in [5.74, 6) is 0. The lowest BCUT2D eigenvalue weighted by atomic mass is 10.1. The van der Waals surface area contributed by atoms with Crippen LogP contribution < -0.4 is 10.6 Å². The number of carbonyl (C=O) groups is 1. The largest absolute Gasteiger partial charge is 0.334 e. The minimum Gasteiger partial charge on any atom is -0.334 e. The molecule has 1 atom stereocenters. The molecule has 0 bridgehead atoms. The molecule has 0 saturated carbocycles. The number of urea groups is 1. The molecule has 2 N–H and O–H groups in total. The van der Waals surface area contributed by atoms with Gasteiger partial charge in [-0.1, -0.05) is 12.5 Å². The van der Waals surface area contributed by atoms with E-state index in [9.17, 15) is 13.2 Å². The summed E-state index contributed by atoms with van der Waals surface area (Å²) < 4.78 is 26.1. The molecule has 1 unspecified atom stereocenters. The molecule has 2 amide bonds. The van der Waals surface area contributed by atoms with Crippen molar-refractivity contribution < 1.29 is 13.2 Å². The van der Waals surface area contributed by atoms with Gasteiger partial charge < -0.3 is 10.6 Å². The minimum atomic E-state index is -3.58. The monoisotopic (exact) mass is 415 g/mol. The number of carbonyl (C=O) groups excluding carboxylic acids is 1. The number of hydrogen-bond donors (Lipinski definition) is 2. The standard InChI is InChI=1S/C20H25N5O3S/c1-2-19(25-10-4-3-5-11-25)29(27,28)18-8-6-17(7-9-18)24-20(26)23-14-16-12-21-15-22-13-16/h2,6-9,12-13,15,19H,1,3-5,10-11,14H2,(H2,23,24,26). The van der Waals surface area contributed by atoms with E-state index in [1.54, 1.807) is 24.5 Å². The molecule has 0 aliphatic carbocycles. The van der Waals surface area contributed by atoms with E-state index >= 15 is 0 Å². The molecule has 0 radical (unpaired) electrons. The lowest BCUT2D eigenvalue weighted by Crippen LogP contribution is -2.42. The van der Waals surface area contributed by atoms with Gasteiger partial charge >= 0.3 is 6.03 Å². The third kappa shape index (κ3) is 5.39. The van der Waals surface area contributed by atoms with Crippen LogP contribution in [0.1, 0.15) is 24.8 Å². The Morgan fingerprint density at radius 1 is 1.14 bits per heavy atom. The van der Waals surface area contributed by atoms with Crippen LogP contribution in [-0.2, 0) is 16.4 Å². The van der Waals surface area contributed by atoms with E-state index in [1.807, 2.05) is 4.90 Å². The summed E-state index contributed by atoms with van der Waals surface area (Å²) in [4.78, 5) is 22.0. The van der Waals surface area contributed by atoms with Crippen molar-refractivity contribution >= 4 is 21.6 Å². The van der Waals surface area contributed by atoms with Gasteiger partial charge in [0.05, 0.1) is 4.90 Å². The quantitative estimate of drug-likeness (QED) is 0.674. The molecular weight excluding hydrogens is 390 g/mol. The zero-order chi connectivity index (χ0) is 20.7. The number of anilines is 1. The van der Waals surface area contributed by atoms with Crippen LogP contribution in [0.4, 0.5) is 10.5 Å². The number of likely N-dealkylation sites (tertiary alicyclic amines) is 1. The number of sulfone groups is 1. The SMILES string of the molecule is C=CC(N1CCCCC1)S(=O)(=O)c1ccc(NC(=O)NCc2cncnc2)cc1. The topological polar surface area (TPSA) is 104 Å². The predicted octanol–water partition coefficient (Wildman–Crippen LogP) is 2.57. The highest BCUT2D eigenvalue weighted by Gasteiger charge is 2.31. The maximum absolute atomic E-state index is 13.0. The maximum atomic E-state index is 13.0. The first-order valence-electron chi connectivity index (χ1n) is 9.50. The van der Waals surface area contributed by atoms with Crippen LogP contribution in [0.25, 0.3) is 0 Å². The van der Waals surface area contributed by atoms with Gasteiger partial charge in [-0.05, 0) is 50.2 Å². The molecule has 9 heteroatoms. The molecule has 1 aliphatic heterocycles. The van der Waals surface area contributed by atoms with Crippen LogP contribution in [0.3, 0.4) is 0 Å². The molecule has 1 aliphatic rings. The van der Waals surface area contributed by atoms with E-state index in [4.69, 9.17) is 0 Å². The second kappa shape index (κ2) is 9.62. The van der Waals surface area contributed by atoms with Gasteiger partial charge in [0.25, 0.3) is 0 Å². The maximum Gasteiger partial charge on any atom is 0.319 e. The second-order valence-electron chi connectivity index (χ2n) is 6.85. The zero-order valence-corrected chi connectivity index (χ0v) is 16.9. The summed E-state index contributed by atoms with van der Waals surface area (Å²) in [5, 5.41) is 4.64. The molecule has 154 valence electrons. The van der Waals surface area contributed by atoms with Crippen molar-refractivity contribution in [1.82, 2.24) is 20.2 Å². The third-order valence-corrected chi connectivity index (χ3v) is 6.83. The smallest absolute Gasteiger partial charge is 0.319 e. The number of rotatable bonds is 7. The fourth-order valence-corrected chi connectivity index (χ4v) is 4.94. The van der Waals surface area contributed by atoms with Crippen molar-refractivity contribution in [2.75, 3.05) is 18.4 Å². The highest BCUT2D eigenvalue weighted by molar-refractivity contribution is 7.92. The lowest BCUT2D eigenvalue weighted by molar-refractivity contribution is 0.229. The van der Waals surface area contributed by atoms with Gasteiger partial charge in [-0.15, -0.1) is 6.58 Å². The Labute approximate surface area is 171 Å². The molecule has 1 aromatic heterocycles. The number of hydrogen-bond acceptors (Lipinski definition) is 6. The summed E-state index contributed by atoms with van der Waals surface area (Å²) in [5.41, 5.74) is 1.27. The number of piperidine rings is 1. The molecule has 3 rings (SSSR count). The van der Waals surface area contributed by atoms with Crippen LogP contribution >= 0.6 is 0 Å². The van der Waals surface area contributed by atoms with Crippen LogP contribution in [0, 0.1) is 0 Å². The Morgan fingerprint density at radius 3 is 2.41 bits per heavy atom. The number of aromatic nitrogens is 2. The Morgan fingerprint density at radius 2 is 1.79 bits per heavy atom. The summed E-state index contributed by atoms with van der Waals surface area (Å²) in [6, 6.07) is 5.78. The molecule has 1 saturated heterocycles. The summed E-state index contributed by atoms with van der Waals surface area (Å²) in [6.07, 6.45) is 9.26. The average molecular weight is 416 g/mol. The van der Waals surface area contributed by atoms with Gasteiger partial charge in [0.2, 0.25) is 0 Å². The summed E-state index contributed by atoms with van der Waals surface area (Å²) in [6.45, 7) is 5.53. The molecule has 8 nitrogen and oxygen atoms in total. The van der Waals surface area contributed by atoms with E-state index in [2.05, 4.69) is 27.2 Å². The molecular formula is C20H25N5O3S. The highest BCUT2D eigenvalue weighted by atomic mass is 32.2. The fraction of sp³-hybridized carbons (Fsp3) is 0.350. The Balaban J connectivity index is 1.62. The van der Waals surface area contributed by atoms with Gasteiger partial charge in [-0.25, -0.2) is 23.2 Å². The first-order chi connectivity index (χ1) is 14.0. The predicted molar refractivity (Wildman–Crippen MR) is 111 cm³/mol. The van der Waals surface area contributed by atoms with Crippen molar-refractivity contribution in [2.24, 2.45) is 0 Å². The van der Waals surface area contributed by atoms with E-state index in [-0.39, 0.29) is 11.4 Å². The summed E-state index contributed by atoms with van der Waals surface area (Å²) >= 11 is 0. The number of nitrogens with one attached hydrogen (secondary N) is 2. The molecule has 1 fully saturated rings. The van der Waals surface area contributed by atoms with Gasteiger partial charge in [-0.3, -0.25) is 4.90 Å². The molecule has 29 heavy (non-hydrogen) atoms. The van der Waals surface area contributed by atoms with Crippen LogP contribution in [0.5, 0.6) is 0 Å². The van der Waals surface area contributed by atoms with Gasteiger partial charge in [0.15, 0.2) is 9.84 Å².